The second kappa shape index (κ2) is 14.2. The molecular weight excluding hydrogens is 567 g/mol. The number of carbonyl (C=O) groups is 2. The number of ether oxygens (including phenoxy) is 1. The highest BCUT2D eigenvalue weighted by Gasteiger charge is 2.27. The number of benzene rings is 2. The van der Waals surface area contributed by atoms with E-state index in [1.807, 2.05) is 6.92 Å². The van der Waals surface area contributed by atoms with Crippen LogP contribution in [-0.2, 0) is 37.4 Å². The van der Waals surface area contributed by atoms with Gasteiger partial charge in [-0.15, -0.1) is 0 Å². The van der Waals surface area contributed by atoms with E-state index in [1.54, 1.807) is 49.6 Å². The standard InChI is InChI=1S/C26H28Cl2N4O6S/c1-18-4-10-23(11-5-18)39(35,36)32(16-19-6-7-20(27)14-24(19)28)17-22-9-8-21(38-22)15-30-31-26(34)25(33)29-12-3-13-37-2/h4-11,14-15H,3,12-13,16-17H2,1-2H3,(H,29,33)(H,31,34)/b30-15+. The summed E-state index contributed by atoms with van der Waals surface area (Å²) in [5, 5.41) is 6.93. The third-order valence-corrected chi connectivity index (χ3v) is 7.80. The first-order valence-electron chi connectivity index (χ1n) is 11.8. The average Bonchev–Trinajstić information content (AvgIpc) is 3.34. The number of furan rings is 1. The summed E-state index contributed by atoms with van der Waals surface area (Å²) < 4.78 is 38.9. The maximum Gasteiger partial charge on any atom is 0.329 e. The van der Waals surface area contributed by atoms with Gasteiger partial charge in [-0.1, -0.05) is 47.0 Å². The van der Waals surface area contributed by atoms with E-state index in [4.69, 9.17) is 32.4 Å². The molecule has 2 amide bonds. The summed E-state index contributed by atoms with van der Waals surface area (Å²) in [6.07, 6.45) is 1.77. The van der Waals surface area contributed by atoms with Crippen molar-refractivity contribution in [3.63, 3.8) is 0 Å². The van der Waals surface area contributed by atoms with E-state index in [0.29, 0.717) is 34.4 Å². The Morgan fingerprint density at radius 1 is 1.05 bits per heavy atom. The van der Waals surface area contributed by atoms with Crippen LogP contribution in [0, 0.1) is 6.92 Å². The summed E-state index contributed by atoms with van der Waals surface area (Å²) in [6.45, 7) is 2.46. The van der Waals surface area contributed by atoms with Crippen molar-refractivity contribution in [2.75, 3.05) is 20.3 Å². The molecule has 0 spiro atoms. The van der Waals surface area contributed by atoms with Crippen LogP contribution < -0.4 is 10.7 Å². The summed E-state index contributed by atoms with van der Waals surface area (Å²) in [5.74, 6) is -1.21. The molecule has 0 bridgehead atoms. The topological polar surface area (TPSA) is 130 Å². The van der Waals surface area contributed by atoms with Crippen LogP contribution in [0.15, 0.2) is 69.0 Å². The lowest BCUT2D eigenvalue weighted by Crippen LogP contribution is -2.38. The zero-order valence-corrected chi connectivity index (χ0v) is 23.6. The maximum absolute atomic E-state index is 13.6. The van der Waals surface area contributed by atoms with Crippen LogP contribution in [0.1, 0.15) is 29.1 Å². The highest BCUT2D eigenvalue weighted by Crippen LogP contribution is 2.27. The van der Waals surface area contributed by atoms with Gasteiger partial charge in [-0.05, 0) is 55.3 Å². The molecule has 0 saturated heterocycles. The van der Waals surface area contributed by atoms with Crippen molar-refractivity contribution in [2.24, 2.45) is 5.10 Å². The molecule has 39 heavy (non-hydrogen) atoms. The molecule has 0 fully saturated rings. The van der Waals surface area contributed by atoms with Crippen LogP contribution in [-0.4, -0.2) is 51.0 Å². The zero-order chi connectivity index (χ0) is 28.4. The number of hydrogen-bond acceptors (Lipinski definition) is 7. The molecule has 0 saturated carbocycles. The summed E-state index contributed by atoms with van der Waals surface area (Å²) in [6, 6.07) is 14.5. The first-order valence-corrected chi connectivity index (χ1v) is 14.0. The van der Waals surface area contributed by atoms with Crippen LogP contribution in [0.4, 0.5) is 0 Å². The molecule has 1 aromatic heterocycles. The Morgan fingerprint density at radius 2 is 1.79 bits per heavy atom. The summed E-state index contributed by atoms with van der Waals surface area (Å²) >= 11 is 12.3. The predicted molar refractivity (Wildman–Crippen MR) is 148 cm³/mol. The predicted octanol–water partition coefficient (Wildman–Crippen LogP) is 3.89. The fourth-order valence-electron chi connectivity index (χ4n) is 3.35. The number of sulfonamides is 1. The lowest BCUT2D eigenvalue weighted by atomic mass is 10.2. The highest BCUT2D eigenvalue weighted by molar-refractivity contribution is 7.89. The van der Waals surface area contributed by atoms with Gasteiger partial charge >= 0.3 is 11.8 Å². The number of carbonyl (C=O) groups excluding carboxylic acids is 2. The van der Waals surface area contributed by atoms with Crippen molar-refractivity contribution in [2.45, 2.75) is 31.3 Å². The van der Waals surface area contributed by atoms with Crippen LogP contribution in [0.25, 0.3) is 0 Å². The van der Waals surface area contributed by atoms with E-state index in [2.05, 4.69) is 15.8 Å². The Balaban J connectivity index is 1.73. The molecule has 3 rings (SSSR count). The minimum Gasteiger partial charge on any atom is -0.459 e. The van der Waals surface area contributed by atoms with Gasteiger partial charge < -0.3 is 14.5 Å². The summed E-state index contributed by atoms with van der Waals surface area (Å²) in [5.41, 5.74) is 3.60. The molecule has 2 N–H and O–H groups in total. The zero-order valence-electron chi connectivity index (χ0n) is 21.3. The average molecular weight is 596 g/mol. The minimum atomic E-state index is -3.94. The molecule has 0 radical (unpaired) electrons. The van der Waals surface area contributed by atoms with Gasteiger partial charge in [0.2, 0.25) is 10.0 Å². The second-order valence-electron chi connectivity index (χ2n) is 8.43. The van der Waals surface area contributed by atoms with Gasteiger partial charge in [-0.3, -0.25) is 9.59 Å². The van der Waals surface area contributed by atoms with Crippen molar-refractivity contribution in [3.8, 4) is 0 Å². The Morgan fingerprint density at radius 3 is 2.49 bits per heavy atom. The Kier molecular flexibility index (Phi) is 11.1. The Labute approximate surface area is 237 Å². The number of rotatable bonds is 12. The van der Waals surface area contributed by atoms with Gasteiger partial charge in [0.15, 0.2) is 0 Å². The van der Waals surface area contributed by atoms with Gasteiger partial charge in [0.1, 0.15) is 11.5 Å². The summed E-state index contributed by atoms with van der Waals surface area (Å²) in [4.78, 5) is 23.7. The largest absolute Gasteiger partial charge is 0.459 e. The van der Waals surface area contributed by atoms with Gasteiger partial charge in [-0.25, -0.2) is 13.8 Å². The number of halogens is 2. The number of nitrogens with zero attached hydrogens (tertiary/aromatic N) is 2. The van der Waals surface area contributed by atoms with Crippen molar-refractivity contribution in [1.29, 1.82) is 0 Å². The van der Waals surface area contributed by atoms with E-state index >= 15 is 0 Å². The molecule has 0 aliphatic heterocycles. The van der Waals surface area contributed by atoms with Gasteiger partial charge in [0.25, 0.3) is 0 Å². The number of aryl methyl sites for hydroxylation is 1. The van der Waals surface area contributed by atoms with Crippen LogP contribution >= 0.6 is 23.2 Å². The smallest absolute Gasteiger partial charge is 0.329 e. The molecule has 208 valence electrons. The number of nitrogens with one attached hydrogen (secondary N) is 2. The second-order valence-corrected chi connectivity index (χ2v) is 11.2. The first-order chi connectivity index (χ1) is 18.6. The minimum absolute atomic E-state index is 0.0358. The van der Waals surface area contributed by atoms with Gasteiger partial charge in [-0.2, -0.15) is 9.41 Å². The Hall–Kier alpha value is -3.22. The molecule has 1 heterocycles. The van der Waals surface area contributed by atoms with E-state index in [0.717, 1.165) is 5.56 Å². The van der Waals surface area contributed by atoms with Gasteiger partial charge in [0.05, 0.1) is 17.7 Å². The van der Waals surface area contributed by atoms with E-state index in [-0.39, 0.29) is 30.3 Å². The van der Waals surface area contributed by atoms with Crippen molar-refractivity contribution >= 4 is 51.3 Å². The van der Waals surface area contributed by atoms with Crippen LogP contribution in [0.2, 0.25) is 10.0 Å². The molecule has 0 aliphatic rings. The molecule has 0 atom stereocenters. The van der Waals surface area contributed by atoms with Crippen molar-refractivity contribution in [1.82, 2.24) is 15.0 Å². The van der Waals surface area contributed by atoms with Crippen LogP contribution in [0.3, 0.4) is 0 Å². The summed E-state index contributed by atoms with van der Waals surface area (Å²) in [7, 11) is -2.40. The molecule has 0 unspecified atom stereocenters. The number of hydrogen-bond donors (Lipinski definition) is 2. The monoisotopic (exact) mass is 594 g/mol. The number of methoxy groups -OCH3 is 1. The quantitative estimate of drug-likeness (QED) is 0.142. The fraction of sp³-hybridized carbons (Fsp3) is 0.269. The Bertz CT molecular complexity index is 1420. The molecular formula is C26H28Cl2N4O6S. The van der Waals surface area contributed by atoms with Gasteiger partial charge in [0, 0.05) is 36.9 Å². The SMILES string of the molecule is COCCCNC(=O)C(=O)N/N=C/c1ccc(CN(Cc2ccc(Cl)cc2Cl)S(=O)(=O)c2ccc(C)cc2)o1. The van der Waals surface area contributed by atoms with Crippen molar-refractivity contribution < 1.29 is 27.2 Å². The fourth-order valence-corrected chi connectivity index (χ4v) is 5.20. The van der Waals surface area contributed by atoms with Crippen LogP contribution in [0.5, 0.6) is 0 Å². The normalized spacial score (nSPS) is 11.7. The molecule has 3 aromatic rings. The van der Waals surface area contributed by atoms with E-state index in [9.17, 15) is 18.0 Å². The first kappa shape index (κ1) is 30.3. The third kappa shape index (κ3) is 8.91. The molecule has 10 nitrogen and oxygen atoms in total. The third-order valence-electron chi connectivity index (χ3n) is 5.41. The maximum atomic E-state index is 13.6. The highest BCUT2D eigenvalue weighted by atomic mass is 35.5. The van der Waals surface area contributed by atoms with E-state index < -0.39 is 21.8 Å². The van der Waals surface area contributed by atoms with Crippen molar-refractivity contribution in [3.05, 3.63) is 87.3 Å². The number of amides is 2. The molecule has 2 aromatic carbocycles. The number of hydrazone groups is 1. The molecule has 13 heteroatoms. The molecule has 0 aliphatic carbocycles. The van der Waals surface area contributed by atoms with E-state index in [1.165, 1.54) is 22.7 Å². The lowest BCUT2D eigenvalue weighted by Gasteiger charge is -2.22. The lowest BCUT2D eigenvalue weighted by molar-refractivity contribution is -0.139.